The van der Waals surface area contributed by atoms with E-state index in [9.17, 15) is 9.59 Å². The summed E-state index contributed by atoms with van der Waals surface area (Å²) in [6, 6.07) is 16.7. The molecule has 0 aliphatic carbocycles. The predicted octanol–water partition coefficient (Wildman–Crippen LogP) is 4.63. The summed E-state index contributed by atoms with van der Waals surface area (Å²) >= 11 is 0. The van der Waals surface area contributed by atoms with Gasteiger partial charge in [-0.3, -0.25) is 9.59 Å². The number of hydrogen-bond acceptors (Lipinski definition) is 7. The largest absolute Gasteiger partial charge is 0.466 e. The van der Waals surface area contributed by atoms with Crippen LogP contribution < -0.4 is 5.32 Å². The maximum absolute atomic E-state index is 12.7. The molecule has 37 heavy (non-hydrogen) atoms. The molecular formula is C30H41N3O4. The molecule has 2 heterocycles. The van der Waals surface area contributed by atoms with Crippen LogP contribution in [-0.2, 0) is 19.1 Å². The van der Waals surface area contributed by atoms with Gasteiger partial charge in [-0.1, -0.05) is 24.3 Å². The molecule has 2 aliphatic heterocycles. The van der Waals surface area contributed by atoms with Gasteiger partial charge in [-0.25, -0.2) is 0 Å². The van der Waals surface area contributed by atoms with E-state index in [1.54, 1.807) is 0 Å². The van der Waals surface area contributed by atoms with E-state index < -0.39 is 0 Å². The van der Waals surface area contributed by atoms with Gasteiger partial charge in [-0.15, -0.1) is 0 Å². The Hall–Kier alpha value is -2.90. The van der Waals surface area contributed by atoms with E-state index in [1.165, 1.54) is 0 Å². The minimum Gasteiger partial charge on any atom is -0.466 e. The second kappa shape index (κ2) is 12.6. The third kappa shape index (κ3) is 6.70. The number of anilines is 2. The molecule has 0 saturated carbocycles. The minimum absolute atomic E-state index is 0.0917. The van der Waals surface area contributed by atoms with Gasteiger partial charge >= 0.3 is 11.9 Å². The van der Waals surface area contributed by atoms with E-state index >= 15 is 0 Å². The number of carbonyl (C=O) groups excluding carboxylic acids is 2. The number of ether oxygens (including phenoxy) is 2. The van der Waals surface area contributed by atoms with Crippen LogP contribution in [-0.4, -0.2) is 75.2 Å². The lowest BCUT2D eigenvalue weighted by molar-refractivity contribution is -0.151. The standard InChI is InChI=1S/C30H41N3O4/c1-5-36-29(34)25-13-15-32(3)19-27(25)21-9-7-11-23(17-21)31-24-12-8-10-22(18-24)28-20-33(4)16-14-26(28)30(35)37-6-2/h7-12,17-18,25-28,31H,5-6,13-16,19-20H2,1-4H3/t25-,26-,27+,28+/m1/s1. The number of piperidine rings is 2. The molecule has 4 rings (SSSR count). The van der Waals surface area contributed by atoms with Crippen molar-refractivity contribution >= 4 is 23.3 Å². The Morgan fingerprint density at radius 1 is 0.784 bits per heavy atom. The number of nitrogens with zero attached hydrogens (tertiary/aromatic N) is 2. The zero-order valence-corrected chi connectivity index (χ0v) is 22.6. The predicted molar refractivity (Wildman–Crippen MR) is 146 cm³/mol. The van der Waals surface area contributed by atoms with E-state index in [2.05, 4.69) is 65.6 Å². The molecular weight excluding hydrogens is 466 g/mol. The molecule has 2 fully saturated rings. The highest BCUT2D eigenvalue weighted by atomic mass is 16.5. The van der Waals surface area contributed by atoms with Gasteiger partial charge in [0.05, 0.1) is 25.0 Å². The highest BCUT2D eigenvalue weighted by Gasteiger charge is 2.36. The van der Waals surface area contributed by atoms with Crippen LogP contribution in [0.4, 0.5) is 11.4 Å². The lowest BCUT2D eigenvalue weighted by Gasteiger charge is -2.36. The molecule has 4 atom stereocenters. The Labute approximate surface area is 221 Å². The van der Waals surface area contributed by atoms with E-state index in [0.29, 0.717) is 13.2 Å². The number of likely N-dealkylation sites (tertiary alicyclic amines) is 2. The maximum Gasteiger partial charge on any atom is 0.309 e. The van der Waals surface area contributed by atoms with Gasteiger partial charge in [-0.05, 0) is 89.3 Å². The normalized spacial score (nSPS) is 24.9. The fourth-order valence-electron chi connectivity index (χ4n) is 5.83. The second-order valence-electron chi connectivity index (χ2n) is 10.4. The Morgan fingerprint density at radius 3 is 1.62 bits per heavy atom. The topological polar surface area (TPSA) is 71.1 Å². The summed E-state index contributed by atoms with van der Waals surface area (Å²) in [5, 5.41) is 3.56. The Kier molecular flexibility index (Phi) is 9.22. The smallest absolute Gasteiger partial charge is 0.309 e. The molecule has 0 unspecified atom stereocenters. The molecule has 2 aliphatic rings. The van der Waals surface area contributed by atoms with Gasteiger partial charge in [0, 0.05) is 36.3 Å². The number of benzene rings is 2. The molecule has 0 radical (unpaired) electrons. The molecule has 1 N–H and O–H groups in total. The molecule has 2 aromatic rings. The van der Waals surface area contributed by atoms with Crippen molar-refractivity contribution < 1.29 is 19.1 Å². The van der Waals surface area contributed by atoms with Crippen LogP contribution >= 0.6 is 0 Å². The number of nitrogens with one attached hydrogen (secondary N) is 1. The van der Waals surface area contributed by atoms with E-state index in [1.807, 2.05) is 26.0 Å². The monoisotopic (exact) mass is 507 g/mol. The summed E-state index contributed by atoms with van der Waals surface area (Å²) in [6.07, 6.45) is 1.61. The van der Waals surface area contributed by atoms with Crippen molar-refractivity contribution in [3.05, 3.63) is 59.7 Å². The van der Waals surface area contributed by atoms with Crippen molar-refractivity contribution in [2.24, 2.45) is 11.8 Å². The summed E-state index contributed by atoms with van der Waals surface area (Å²) in [5.74, 6) is -0.265. The van der Waals surface area contributed by atoms with Crippen LogP contribution in [0.25, 0.3) is 0 Å². The van der Waals surface area contributed by atoms with Gasteiger partial charge in [0.25, 0.3) is 0 Å². The Bertz CT molecular complexity index is 991. The van der Waals surface area contributed by atoms with Crippen LogP contribution in [0.15, 0.2) is 48.5 Å². The van der Waals surface area contributed by atoms with Crippen molar-refractivity contribution in [2.45, 2.75) is 38.5 Å². The Morgan fingerprint density at radius 2 is 1.22 bits per heavy atom. The zero-order chi connectivity index (χ0) is 26.4. The van der Waals surface area contributed by atoms with Crippen molar-refractivity contribution in [2.75, 3.05) is 58.8 Å². The van der Waals surface area contributed by atoms with Crippen molar-refractivity contribution in [1.29, 1.82) is 0 Å². The van der Waals surface area contributed by atoms with E-state index in [0.717, 1.165) is 61.5 Å². The third-order valence-corrected chi connectivity index (χ3v) is 7.73. The van der Waals surface area contributed by atoms with Crippen LogP contribution in [0.1, 0.15) is 49.7 Å². The number of rotatable bonds is 8. The summed E-state index contributed by atoms with van der Waals surface area (Å²) in [6.45, 7) is 7.98. The highest BCUT2D eigenvalue weighted by Crippen LogP contribution is 2.36. The maximum atomic E-state index is 12.7. The first-order valence-corrected chi connectivity index (χ1v) is 13.6. The van der Waals surface area contributed by atoms with Crippen molar-refractivity contribution in [1.82, 2.24) is 9.80 Å². The number of esters is 2. The number of likely N-dealkylation sites (N-methyl/N-ethyl adjacent to an activating group) is 2. The van der Waals surface area contributed by atoms with Gasteiger partial charge in [-0.2, -0.15) is 0 Å². The molecule has 7 nitrogen and oxygen atoms in total. The molecule has 0 aromatic heterocycles. The third-order valence-electron chi connectivity index (χ3n) is 7.73. The van der Waals surface area contributed by atoms with Crippen LogP contribution in [0.3, 0.4) is 0 Å². The van der Waals surface area contributed by atoms with Crippen LogP contribution in [0, 0.1) is 11.8 Å². The van der Waals surface area contributed by atoms with Gasteiger partial charge in [0.1, 0.15) is 0 Å². The van der Waals surface area contributed by atoms with Gasteiger partial charge in [0.2, 0.25) is 0 Å². The van der Waals surface area contributed by atoms with Gasteiger partial charge < -0.3 is 24.6 Å². The Balaban J connectivity index is 1.54. The highest BCUT2D eigenvalue weighted by molar-refractivity contribution is 5.75. The summed E-state index contributed by atoms with van der Waals surface area (Å²) in [7, 11) is 4.21. The van der Waals surface area contributed by atoms with E-state index in [-0.39, 0.29) is 35.6 Å². The number of hydrogen-bond donors (Lipinski definition) is 1. The lowest BCUT2D eigenvalue weighted by atomic mass is 9.80. The van der Waals surface area contributed by atoms with E-state index in [4.69, 9.17) is 9.47 Å². The minimum atomic E-state index is -0.127. The quantitative estimate of drug-likeness (QED) is 0.523. The summed E-state index contributed by atoms with van der Waals surface area (Å²) in [4.78, 5) is 30.0. The summed E-state index contributed by atoms with van der Waals surface area (Å²) < 4.78 is 10.8. The van der Waals surface area contributed by atoms with Gasteiger partial charge in [0.15, 0.2) is 0 Å². The van der Waals surface area contributed by atoms with Crippen molar-refractivity contribution in [3.8, 4) is 0 Å². The first kappa shape index (κ1) is 27.1. The van der Waals surface area contributed by atoms with Crippen LogP contribution in [0.5, 0.6) is 0 Å². The first-order chi connectivity index (χ1) is 17.9. The molecule has 7 heteroatoms. The number of carbonyl (C=O) groups is 2. The lowest BCUT2D eigenvalue weighted by Crippen LogP contribution is -2.40. The zero-order valence-electron chi connectivity index (χ0n) is 22.6. The molecule has 0 bridgehead atoms. The second-order valence-corrected chi connectivity index (χ2v) is 10.4. The fraction of sp³-hybridized carbons (Fsp3) is 0.533. The molecule has 2 aromatic carbocycles. The van der Waals surface area contributed by atoms with Crippen LogP contribution in [0.2, 0.25) is 0 Å². The first-order valence-electron chi connectivity index (χ1n) is 13.6. The van der Waals surface area contributed by atoms with Crippen molar-refractivity contribution in [3.63, 3.8) is 0 Å². The average Bonchev–Trinajstić information content (AvgIpc) is 2.89. The molecule has 0 spiro atoms. The molecule has 200 valence electrons. The molecule has 2 saturated heterocycles. The fourth-order valence-corrected chi connectivity index (χ4v) is 5.83. The average molecular weight is 508 g/mol. The summed E-state index contributed by atoms with van der Waals surface area (Å²) in [5.41, 5.74) is 4.24. The molecule has 0 amide bonds. The SMILES string of the molecule is CCOC(=O)[C@@H]1CCN(C)C[C@H]1c1cccc(Nc2cccc([C@@H]3CN(C)CC[C@H]3C(=O)OCC)c2)c1.